The van der Waals surface area contributed by atoms with E-state index in [1.807, 2.05) is 0 Å². The van der Waals surface area contributed by atoms with Crippen LogP contribution in [0.25, 0.3) is 0 Å². The first-order valence-corrected chi connectivity index (χ1v) is 7.13. The minimum absolute atomic E-state index is 0.0496. The van der Waals surface area contributed by atoms with Crippen molar-refractivity contribution in [3.05, 3.63) is 17.0 Å². The molecule has 2 heterocycles. The Labute approximate surface area is 99.2 Å². The summed E-state index contributed by atoms with van der Waals surface area (Å²) in [7, 11) is -2.99. The summed E-state index contributed by atoms with van der Waals surface area (Å²) < 4.78 is 24.3. The summed E-state index contributed by atoms with van der Waals surface area (Å²) in [5.41, 5.74) is 1.13. The molecule has 0 amide bonds. The molecule has 94 valence electrons. The third-order valence-corrected chi connectivity index (χ3v) is 4.84. The van der Waals surface area contributed by atoms with Crippen LogP contribution in [0.3, 0.4) is 0 Å². The first-order valence-electron chi connectivity index (χ1n) is 5.31. The fourth-order valence-electron chi connectivity index (χ4n) is 2.30. The van der Waals surface area contributed by atoms with E-state index in [2.05, 4.69) is 5.10 Å². The summed E-state index contributed by atoms with van der Waals surface area (Å²) >= 11 is 0. The molecule has 1 aromatic rings. The van der Waals surface area contributed by atoms with Crippen molar-refractivity contribution in [2.75, 3.05) is 11.5 Å². The minimum Gasteiger partial charge on any atom is -0.478 e. The summed E-state index contributed by atoms with van der Waals surface area (Å²) in [4.78, 5) is 11.0. The van der Waals surface area contributed by atoms with Crippen LogP contribution in [0.5, 0.6) is 0 Å². The first-order chi connectivity index (χ1) is 7.82. The normalized spacial score (nSPS) is 22.8. The zero-order chi connectivity index (χ0) is 12.8. The molecular weight excluding hydrogens is 244 g/mol. The lowest BCUT2D eigenvalue weighted by Crippen LogP contribution is -2.14. The van der Waals surface area contributed by atoms with E-state index in [1.54, 1.807) is 18.5 Å². The largest absolute Gasteiger partial charge is 0.478 e. The van der Waals surface area contributed by atoms with Gasteiger partial charge in [-0.3, -0.25) is 4.68 Å². The van der Waals surface area contributed by atoms with Crippen LogP contribution in [0.1, 0.15) is 34.2 Å². The van der Waals surface area contributed by atoms with Gasteiger partial charge in [0.05, 0.1) is 28.9 Å². The van der Waals surface area contributed by atoms with Crippen molar-refractivity contribution >= 4 is 15.8 Å². The standard InChI is InChI=1S/C10H14N2O4S/c1-6-9(10(13)14)7(2)12(11-6)8-3-4-17(15,16)5-8/h8H,3-5H2,1-2H3,(H,13,14). The predicted octanol–water partition coefficient (Wildman–Crippen LogP) is 0.558. The number of rotatable bonds is 2. The van der Waals surface area contributed by atoms with Gasteiger partial charge in [-0.05, 0) is 20.3 Å². The van der Waals surface area contributed by atoms with Crippen molar-refractivity contribution in [2.24, 2.45) is 0 Å². The maximum Gasteiger partial charge on any atom is 0.339 e. The Morgan fingerprint density at radius 3 is 2.53 bits per heavy atom. The Morgan fingerprint density at radius 2 is 2.12 bits per heavy atom. The van der Waals surface area contributed by atoms with Gasteiger partial charge in [0.15, 0.2) is 9.84 Å². The number of carboxylic acids is 1. The van der Waals surface area contributed by atoms with Crippen molar-refractivity contribution in [3.63, 3.8) is 0 Å². The van der Waals surface area contributed by atoms with Gasteiger partial charge in [-0.2, -0.15) is 5.10 Å². The van der Waals surface area contributed by atoms with Crippen molar-refractivity contribution in [3.8, 4) is 0 Å². The van der Waals surface area contributed by atoms with E-state index in [-0.39, 0.29) is 23.1 Å². The number of hydrogen-bond donors (Lipinski definition) is 1. The van der Waals surface area contributed by atoms with Crippen LogP contribution in [0.4, 0.5) is 0 Å². The second-order valence-corrected chi connectivity index (χ2v) is 6.58. The number of carbonyl (C=O) groups is 1. The van der Waals surface area contributed by atoms with E-state index in [4.69, 9.17) is 5.11 Å². The SMILES string of the molecule is Cc1nn(C2CCS(=O)(=O)C2)c(C)c1C(=O)O. The number of aromatic carboxylic acids is 1. The molecule has 2 rings (SSSR count). The molecule has 1 unspecified atom stereocenters. The lowest BCUT2D eigenvalue weighted by atomic mass is 10.2. The molecule has 17 heavy (non-hydrogen) atoms. The number of nitrogens with zero attached hydrogens (tertiary/aromatic N) is 2. The summed E-state index contributed by atoms with van der Waals surface area (Å²) in [6, 6.07) is -0.230. The quantitative estimate of drug-likeness (QED) is 0.837. The fourth-order valence-corrected chi connectivity index (χ4v) is 3.99. The number of aromatic nitrogens is 2. The van der Waals surface area contributed by atoms with Crippen molar-refractivity contribution < 1.29 is 18.3 Å². The molecule has 7 heteroatoms. The number of carboxylic acid groups (broad SMARTS) is 1. The average molecular weight is 258 g/mol. The van der Waals surface area contributed by atoms with E-state index in [0.717, 1.165) is 0 Å². The molecule has 0 radical (unpaired) electrons. The molecule has 1 N–H and O–H groups in total. The Bertz CT molecular complexity index is 573. The molecule has 1 saturated heterocycles. The molecular formula is C10H14N2O4S. The molecule has 0 saturated carbocycles. The Kier molecular flexibility index (Phi) is 2.73. The molecule has 1 atom stereocenters. The second kappa shape index (κ2) is 3.83. The number of aryl methyl sites for hydroxylation is 1. The lowest BCUT2D eigenvalue weighted by Gasteiger charge is -2.10. The van der Waals surface area contributed by atoms with Crippen molar-refractivity contribution in [1.82, 2.24) is 9.78 Å². The van der Waals surface area contributed by atoms with Crippen molar-refractivity contribution in [2.45, 2.75) is 26.3 Å². The van der Waals surface area contributed by atoms with Crippen LogP contribution >= 0.6 is 0 Å². The molecule has 0 aliphatic carbocycles. The average Bonchev–Trinajstić information content (AvgIpc) is 2.67. The Hall–Kier alpha value is -1.37. The monoisotopic (exact) mass is 258 g/mol. The van der Waals surface area contributed by atoms with Crippen LogP contribution < -0.4 is 0 Å². The highest BCUT2D eigenvalue weighted by molar-refractivity contribution is 7.91. The first kappa shape index (κ1) is 12.1. The molecule has 1 aliphatic rings. The van der Waals surface area contributed by atoms with Gasteiger partial charge in [-0.1, -0.05) is 0 Å². The van der Waals surface area contributed by atoms with Gasteiger partial charge in [0.25, 0.3) is 0 Å². The molecule has 1 aliphatic heterocycles. The van der Waals surface area contributed by atoms with E-state index in [0.29, 0.717) is 17.8 Å². The van der Waals surface area contributed by atoms with Crippen molar-refractivity contribution in [1.29, 1.82) is 0 Å². The smallest absolute Gasteiger partial charge is 0.339 e. The van der Waals surface area contributed by atoms with Gasteiger partial charge in [-0.15, -0.1) is 0 Å². The van der Waals surface area contributed by atoms with Gasteiger partial charge >= 0.3 is 5.97 Å². The summed E-state index contributed by atoms with van der Waals surface area (Å²) in [5.74, 6) is -0.820. The molecule has 0 spiro atoms. The highest BCUT2D eigenvalue weighted by Crippen LogP contribution is 2.26. The number of sulfone groups is 1. The van der Waals surface area contributed by atoms with Gasteiger partial charge in [-0.25, -0.2) is 13.2 Å². The molecule has 6 nitrogen and oxygen atoms in total. The summed E-state index contributed by atoms with van der Waals surface area (Å²) in [6.45, 7) is 3.28. The van der Waals surface area contributed by atoms with E-state index >= 15 is 0 Å². The number of hydrogen-bond acceptors (Lipinski definition) is 4. The topological polar surface area (TPSA) is 89.3 Å². The maximum atomic E-state index is 11.4. The molecule has 1 aromatic heterocycles. The molecule has 0 bridgehead atoms. The second-order valence-electron chi connectivity index (χ2n) is 4.35. The highest BCUT2D eigenvalue weighted by atomic mass is 32.2. The fraction of sp³-hybridized carbons (Fsp3) is 0.600. The minimum atomic E-state index is -2.99. The van der Waals surface area contributed by atoms with Gasteiger partial charge in [0, 0.05) is 0 Å². The van der Waals surface area contributed by atoms with Crippen LogP contribution in [-0.2, 0) is 9.84 Å². The Balaban J connectivity index is 2.42. The van der Waals surface area contributed by atoms with Gasteiger partial charge < -0.3 is 5.11 Å². The summed E-state index contributed by atoms with van der Waals surface area (Å²) in [5, 5.41) is 13.2. The van der Waals surface area contributed by atoms with E-state index < -0.39 is 15.8 Å². The summed E-state index contributed by atoms with van der Waals surface area (Å²) in [6.07, 6.45) is 0.503. The van der Waals surface area contributed by atoms with E-state index in [1.165, 1.54) is 0 Å². The highest BCUT2D eigenvalue weighted by Gasteiger charge is 2.32. The Morgan fingerprint density at radius 1 is 1.47 bits per heavy atom. The van der Waals surface area contributed by atoms with Crippen LogP contribution in [0.2, 0.25) is 0 Å². The predicted molar refractivity (Wildman–Crippen MR) is 61.0 cm³/mol. The zero-order valence-corrected chi connectivity index (χ0v) is 10.5. The van der Waals surface area contributed by atoms with Gasteiger partial charge in [0.1, 0.15) is 5.56 Å². The van der Waals surface area contributed by atoms with Gasteiger partial charge in [0.2, 0.25) is 0 Å². The maximum absolute atomic E-state index is 11.4. The molecule has 1 fully saturated rings. The third kappa shape index (κ3) is 2.06. The zero-order valence-electron chi connectivity index (χ0n) is 9.67. The third-order valence-electron chi connectivity index (χ3n) is 3.09. The lowest BCUT2D eigenvalue weighted by molar-refractivity contribution is 0.0695. The molecule has 0 aromatic carbocycles. The van der Waals surface area contributed by atoms with E-state index in [9.17, 15) is 13.2 Å². The van der Waals surface area contributed by atoms with Crippen LogP contribution in [0.15, 0.2) is 0 Å². The van der Waals surface area contributed by atoms with Crippen LogP contribution in [-0.4, -0.2) is 40.8 Å². The van der Waals surface area contributed by atoms with Crippen LogP contribution in [0, 0.1) is 13.8 Å².